The van der Waals surface area contributed by atoms with E-state index >= 15 is 0 Å². The summed E-state index contributed by atoms with van der Waals surface area (Å²) >= 11 is 0. The van der Waals surface area contributed by atoms with Crippen LogP contribution in [-0.2, 0) is 14.6 Å². The Morgan fingerprint density at radius 3 is 2.05 bits per heavy atom. The number of alkyl halides is 3. The number of aromatic nitrogens is 1. The van der Waals surface area contributed by atoms with Crippen LogP contribution in [0.4, 0.5) is 18.9 Å². The minimum atomic E-state index is -5.45. The number of anilines is 1. The Morgan fingerprint density at radius 2 is 1.46 bits per heavy atom. The third kappa shape index (κ3) is 4.94. The average molecular weight is 557 g/mol. The highest BCUT2D eigenvalue weighted by Crippen LogP contribution is 2.34. The van der Waals surface area contributed by atoms with Crippen molar-refractivity contribution in [2.45, 2.75) is 43.4 Å². The molecule has 0 radical (unpaired) electrons. The lowest BCUT2D eigenvalue weighted by molar-refractivity contribution is -0.0436. The van der Waals surface area contributed by atoms with Gasteiger partial charge in [0.05, 0.1) is 17.1 Å². The molecule has 0 N–H and O–H groups in total. The first-order chi connectivity index (χ1) is 18.4. The predicted octanol–water partition coefficient (Wildman–Crippen LogP) is 5.87. The fourth-order valence-corrected chi connectivity index (χ4v) is 5.96. The van der Waals surface area contributed by atoms with Gasteiger partial charge in [-0.2, -0.15) is 13.2 Å². The summed E-state index contributed by atoms with van der Waals surface area (Å²) in [4.78, 5) is 15.0. The van der Waals surface area contributed by atoms with E-state index in [1.807, 2.05) is 45.0 Å². The summed E-state index contributed by atoms with van der Waals surface area (Å²) in [5.41, 5.74) is -1.97. The molecule has 0 saturated carbocycles. The molecule has 1 saturated heterocycles. The number of hydrogen-bond acceptors (Lipinski definition) is 5. The van der Waals surface area contributed by atoms with Crippen LogP contribution in [0.15, 0.2) is 82.6 Å². The second kappa shape index (κ2) is 9.84. The first kappa shape index (κ1) is 27.0. The van der Waals surface area contributed by atoms with Crippen molar-refractivity contribution in [1.29, 1.82) is 0 Å². The summed E-state index contributed by atoms with van der Waals surface area (Å²) in [7, 11) is -5.45. The molecule has 1 aliphatic heterocycles. The summed E-state index contributed by atoms with van der Waals surface area (Å²) in [5.74, 6) is 0. The van der Waals surface area contributed by atoms with E-state index in [4.69, 9.17) is 4.74 Å². The Balaban J connectivity index is 1.52. The van der Waals surface area contributed by atoms with Crippen molar-refractivity contribution in [2.24, 2.45) is 0 Å². The van der Waals surface area contributed by atoms with Crippen LogP contribution < -0.4 is 10.5 Å². The van der Waals surface area contributed by atoms with Crippen molar-refractivity contribution in [3.63, 3.8) is 0 Å². The van der Waals surface area contributed by atoms with Crippen LogP contribution in [0.5, 0.6) is 0 Å². The molecule has 1 aromatic heterocycles. The Kier molecular flexibility index (Phi) is 6.80. The van der Waals surface area contributed by atoms with Gasteiger partial charge < -0.3 is 9.64 Å². The van der Waals surface area contributed by atoms with Crippen LogP contribution in [-0.4, -0.2) is 43.8 Å². The minimum absolute atomic E-state index is 0.124. The zero-order valence-electron chi connectivity index (χ0n) is 21.6. The summed E-state index contributed by atoms with van der Waals surface area (Å²) in [6, 6.07) is 17.5. The van der Waals surface area contributed by atoms with Crippen LogP contribution in [0.3, 0.4) is 0 Å². The summed E-state index contributed by atoms with van der Waals surface area (Å²) < 4.78 is 69.7. The SMILES string of the molecule is Cc1cn(-c2ccc(N3C[C@@H](C)O[C@@H](C)C3)cc2)c(=O)c2cccc(-c3ccc(S(=O)(=O)C(F)(F)F)cc3)c12. The Hall–Kier alpha value is -3.63. The number of ether oxygens (including phenoxy) is 1. The summed E-state index contributed by atoms with van der Waals surface area (Å²) in [6.07, 6.45) is 1.99. The van der Waals surface area contributed by atoms with Gasteiger partial charge >= 0.3 is 5.51 Å². The van der Waals surface area contributed by atoms with E-state index in [9.17, 15) is 26.4 Å². The maximum Gasteiger partial charge on any atom is 0.501 e. The van der Waals surface area contributed by atoms with Crippen molar-refractivity contribution in [2.75, 3.05) is 18.0 Å². The number of nitrogens with zero attached hydrogens (tertiary/aromatic N) is 2. The van der Waals surface area contributed by atoms with Crippen LogP contribution in [0, 0.1) is 6.92 Å². The number of hydrogen-bond donors (Lipinski definition) is 0. The van der Waals surface area contributed by atoms with Crippen LogP contribution in [0.2, 0.25) is 0 Å². The minimum Gasteiger partial charge on any atom is -0.372 e. The number of pyridine rings is 1. The number of rotatable bonds is 4. The molecule has 5 rings (SSSR count). The quantitative estimate of drug-likeness (QED) is 0.314. The Labute approximate surface area is 224 Å². The number of morpholine rings is 1. The van der Waals surface area contributed by atoms with Crippen molar-refractivity contribution in [3.05, 3.63) is 88.8 Å². The monoisotopic (exact) mass is 556 g/mol. The lowest BCUT2D eigenvalue weighted by Crippen LogP contribution is -2.45. The summed E-state index contributed by atoms with van der Waals surface area (Å²) in [5, 5.41) is 1.09. The Morgan fingerprint density at radius 1 is 0.872 bits per heavy atom. The predicted molar refractivity (Wildman–Crippen MR) is 145 cm³/mol. The lowest BCUT2D eigenvalue weighted by atomic mass is 9.96. The largest absolute Gasteiger partial charge is 0.501 e. The highest BCUT2D eigenvalue weighted by atomic mass is 32.2. The third-order valence-corrected chi connectivity index (χ3v) is 8.43. The topological polar surface area (TPSA) is 68.6 Å². The van der Waals surface area contributed by atoms with E-state index in [0.29, 0.717) is 27.6 Å². The van der Waals surface area contributed by atoms with Crippen LogP contribution in [0.25, 0.3) is 27.6 Å². The molecule has 0 unspecified atom stereocenters. The number of fused-ring (bicyclic) bond motifs is 1. The average Bonchev–Trinajstić information content (AvgIpc) is 2.89. The molecule has 1 aliphatic rings. The molecular formula is C29H27F3N2O4S. The van der Waals surface area contributed by atoms with Gasteiger partial charge in [0.1, 0.15) is 0 Å². The van der Waals surface area contributed by atoms with E-state index in [1.165, 1.54) is 12.1 Å². The van der Waals surface area contributed by atoms with Crippen molar-refractivity contribution in [3.8, 4) is 16.8 Å². The molecule has 4 aromatic rings. The molecule has 204 valence electrons. The van der Waals surface area contributed by atoms with E-state index in [1.54, 1.807) is 29.0 Å². The maximum atomic E-state index is 13.6. The highest BCUT2D eigenvalue weighted by Gasteiger charge is 2.46. The molecule has 0 spiro atoms. The van der Waals surface area contributed by atoms with Gasteiger partial charge in [0, 0.05) is 36.0 Å². The fourth-order valence-electron chi connectivity index (χ4n) is 5.19. The van der Waals surface area contributed by atoms with E-state index in [-0.39, 0.29) is 17.8 Å². The van der Waals surface area contributed by atoms with E-state index in [2.05, 4.69) is 4.90 Å². The molecule has 2 atom stereocenters. The number of sulfone groups is 1. The molecule has 0 aliphatic carbocycles. The number of halogens is 3. The fraction of sp³-hybridized carbons (Fsp3) is 0.276. The molecule has 1 fully saturated rings. The van der Waals surface area contributed by atoms with Crippen molar-refractivity contribution >= 4 is 26.3 Å². The number of aryl methyl sites for hydroxylation is 1. The molecule has 10 heteroatoms. The highest BCUT2D eigenvalue weighted by molar-refractivity contribution is 7.92. The van der Waals surface area contributed by atoms with Crippen molar-refractivity contribution < 1.29 is 26.3 Å². The molecule has 0 bridgehead atoms. The van der Waals surface area contributed by atoms with E-state index < -0.39 is 20.2 Å². The first-order valence-corrected chi connectivity index (χ1v) is 13.9. The van der Waals surface area contributed by atoms with Gasteiger partial charge in [0.15, 0.2) is 0 Å². The number of benzene rings is 3. The second-order valence-corrected chi connectivity index (χ2v) is 11.8. The van der Waals surface area contributed by atoms with Gasteiger partial charge in [-0.3, -0.25) is 9.36 Å². The molecule has 0 amide bonds. The lowest BCUT2D eigenvalue weighted by Gasteiger charge is -2.36. The molecule has 2 heterocycles. The second-order valence-electron chi connectivity index (χ2n) is 9.87. The van der Waals surface area contributed by atoms with E-state index in [0.717, 1.165) is 36.5 Å². The van der Waals surface area contributed by atoms with Gasteiger partial charge in [-0.25, -0.2) is 8.42 Å². The standard InChI is InChI=1S/C29H27F3N2O4S/c1-18-15-34(23-11-9-22(10-12-23)33-16-19(2)38-20(3)17-33)28(35)26-6-4-5-25(27(18)26)21-7-13-24(14-8-21)39(36,37)29(30,31)32/h4-15,19-20H,16-17H2,1-3H3/t19-,20+. The first-order valence-electron chi connectivity index (χ1n) is 12.4. The summed E-state index contributed by atoms with van der Waals surface area (Å²) in [6.45, 7) is 7.51. The third-order valence-electron chi connectivity index (χ3n) is 6.92. The van der Waals surface area contributed by atoms with Gasteiger partial charge in [0.25, 0.3) is 15.4 Å². The molecule has 3 aromatic carbocycles. The van der Waals surface area contributed by atoms with Crippen LogP contribution in [0.1, 0.15) is 19.4 Å². The maximum absolute atomic E-state index is 13.6. The molecular weight excluding hydrogens is 529 g/mol. The normalized spacial score (nSPS) is 18.5. The smallest absolute Gasteiger partial charge is 0.372 e. The van der Waals surface area contributed by atoms with Crippen molar-refractivity contribution in [1.82, 2.24) is 4.57 Å². The van der Waals surface area contributed by atoms with Crippen LogP contribution >= 0.6 is 0 Å². The zero-order valence-corrected chi connectivity index (χ0v) is 22.4. The molecule has 6 nitrogen and oxygen atoms in total. The van der Waals surface area contributed by atoms with Gasteiger partial charge in [0.2, 0.25) is 0 Å². The van der Waals surface area contributed by atoms with Gasteiger partial charge in [-0.05, 0) is 85.3 Å². The van der Waals surface area contributed by atoms with Gasteiger partial charge in [-0.15, -0.1) is 0 Å². The molecule has 39 heavy (non-hydrogen) atoms. The zero-order chi connectivity index (χ0) is 28.1. The van der Waals surface area contributed by atoms with Gasteiger partial charge in [-0.1, -0.05) is 24.3 Å². The Bertz CT molecular complexity index is 1690.